The first kappa shape index (κ1) is 14.0. The fourth-order valence-electron chi connectivity index (χ4n) is 1.47. The first-order valence-corrected chi connectivity index (χ1v) is 5.59. The van der Waals surface area contributed by atoms with Crippen LogP contribution in [0, 0.1) is 10.1 Å². The molecule has 1 rings (SSSR count). The van der Waals surface area contributed by atoms with Gasteiger partial charge < -0.3 is 9.47 Å². The predicted molar refractivity (Wildman–Crippen MR) is 65.4 cm³/mol. The molecule has 1 aromatic rings. The molecular weight excluding hydrogens is 238 g/mol. The second kappa shape index (κ2) is 6.58. The van der Waals surface area contributed by atoms with Gasteiger partial charge in [0.05, 0.1) is 24.2 Å². The Labute approximate surface area is 105 Å². The first-order valence-electron chi connectivity index (χ1n) is 5.59. The highest BCUT2D eigenvalue weighted by Crippen LogP contribution is 2.39. The Kier molecular flexibility index (Phi) is 5.10. The van der Waals surface area contributed by atoms with E-state index in [0.717, 1.165) is 12.8 Å². The summed E-state index contributed by atoms with van der Waals surface area (Å²) in [5.41, 5.74) is 0.0307. The summed E-state index contributed by atoms with van der Waals surface area (Å²) in [5, 5.41) is 10.9. The zero-order valence-corrected chi connectivity index (χ0v) is 10.3. The van der Waals surface area contributed by atoms with Crippen LogP contribution in [-0.4, -0.2) is 24.9 Å². The molecule has 0 radical (unpaired) electrons. The average molecular weight is 253 g/mol. The Bertz CT molecular complexity index is 444. The molecule has 18 heavy (non-hydrogen) atoms. The van der Waals surface area contributed by atoms with E-state index in [9.17, 15) is 14.9 Å². The van der Waals surface area contributed by atoms with E-state index in [1.165, 1.54) is 19.2 Å². The Morgan fingerprint density at radius 2 is 2.11 bits per heavy atom. The lowest BCUT2D eigenvalue weighted by Gasteiger charge is -2.12. The fourth-order valence-corrected chi connectivity index (χ4v) is 1.47. The van der Waals surface area contributed by atoms with Gasteiger partial charge in [-0.1, -0.05) is 13.3 Å². The van der Waals surface area contributed by atoms with Crippen molar-refractivity contribution in [3.05, 3.63) is 27.8 Å². The summed E-state index contributed by atoms with van der Waals surface area (Å²) in [6, 6.07) is 2.59. The van der Waals surface area contributed by atoms with E-state index in [1.807, 2.05) is 6.92 Å². The zero-order valence-electron chi connectivity index (χ0n) is 10.3. The normalized spacial score (nSPS) is 9.89. The van der Waals surface area contributed by atoms with Crippen LogP contribution >= 0.6 is 0 Å². The van der Waals surface area contributed by atoms with Crippen molar-refractivity contribution in [2.24, 2.45) is 0 Å². The highest BCUT2D eigenvalue weighted by Gasteiger charge is 2.23. The molecule has 0 atom stereocenters. The Morgan fingerprint density at radius 1 is 1.39 bits per heavy atom. The number of rotatable bonds is 7. The number of carbonyl (C=O) groups is 1. The third-order valence-electron chi connectivity index (χ3n) is 2.39. The van der Waals surface area contributed by atoms with Crippen LogP contribution in [-0.2, 0) is 0 Å². The number of hydrogen-bond donors (Lipinski definition) is 0. The largest absolute Gasteiger partial charge is 0.492 e. The van der Waals surface area contributed by atoms with Gasteiger partial charge in [-0.2, -0.15) is 0 Å². The number of hydrogen-bond acceptors (Lipinski definition) is 5. The predicted octanol–water partition coefficient (Wildman–Crippen LogP) is 2.59. The van der Waals surface area contributed by atoms with Crippen molar-refractivity contribution >= 4 is 12.0 Å². The lowest BCUT2D eigenvalue weighted by Crippen LogP contribution is -2.04. The van der Waals surface area contributed by atoms with Crippen molar-refractivity contribution in [2.45, 2.75) is 19.8 Å². The van der Waals surface area contributed by atoms with E-state index >= 15 is 0 Å². The maximum atomic E-state index is 10.9. The van der Waals surface area contributed by atoms with E-state index in [1.54, 1.807) is 0 Å². The Balaban J connectivity index is 3.20. The van der Waals surface area contributed by atoms with Crippen LogP contribution in [0.2, 0.25) is 0 Å². The van der Waals surface area contributed by atoms with Gasteiger partial charge in [-0.3, -0.25) is 14.9 Å². The number of carbonyl (C=O) groups excluding carboxylic acids is 1. The molecule has 0 aliphatic rings. The summed E-state index contributed by atoms with van der Waals surface area (Å²) in [5.74, 6) is 0.121. The minimum Gasteiger partial charge on any atom is -0.492 e. The first-order chi connectivity index (χ1) is 8.65. The molecule has 1 aromatic carbocycles. The van der Waals surface area contributed by atoms with Crippen LogP contribution in [0.3, 0.4) is 0 Å². The van der Waals surface area contributed by atoms with Gasteiger partial charge >= 0.3 is 5.69 Å². The van der Waals surface area contributed by atoms with Crippen molar-refractivity contribution in [1.82, 2.24) is 0 Å². The number of ether oxygens (including phenoxy) is 2. The summed E-state index contributed by atoms with van der Waals surface area (Å²) < 4.78 is 10.4. The topological polar surface area (TPSA) is 78.7 Å². The number of unbranched alkanes of at least 4 members (excludes halogenated alkanes) is 1. The second-order valence-corrected chi connectivity index (χ2v) is 3.61. The minimum atomic E-state index is -0.557. The van der Waals surface area contributed by atoms with E-state index < -0.39 is 4.92 Å². The number of aldehydes is 1. The van der Waals surface area contributed by atoms with Gasteiger partial charge in [0, 0.05) is 6.07 Å². The summed E-state index contributed by atoms with van der Waals surface area (Å²) >= 11 is 0. The minimum absolute atomic E-state index is 0.0144. The SMILES string of the molecule is CCCCOc1c([N+](=O)[O-])ccc(C=O)c1OC. The van der Waals surface area contributed by atoms with Gasteiger partial charge in [-0.15, -0.1) is 0 Å². The van der Waals surface area contributed by atoms with Gasteiger partial charge in [-0.05, 0) is 12.5 Å². The van der Waals surface area contributed by atoms with Crippen LogP contribution < -0.4 is 9.47 Å². The monoisotopic (exact) mass is 253 g/mol. The highest BCUT2D eigenvalue weighted by molar-refractivity contribution is 5.83. The highest BCUT2D eigenvalue weighted by atomic mass is 16.6. The molecule has 0 saturated carbocycles. The lowest BCUT2D eigenvalue weighted by atomic mass is 10.1. The maximum absolute atomic E-state index is 10.9. The second-order valence-electron chi connectivity index (χ2n) is 3.61. The van der Waals surface area contributed by atoms with Gasteiger partial charge in [0.25, 0.3) is 0 Å². The maximum Gasteiger partial charge on any atom is 0.314 e. The molecule has 0 spiro atoms. The molecule has 0 N–H and O–H groups in total. The van der Waals surface area contributed by atoms with Crippen LogP contribution in [0.1, 0.15) is 30.1 Å². The van der Waals surface area contributed by atoms with Crippen molar-refractivity contribution in [3.8, 4) is 11.5 Å². The van der Waals surface area contributed by atoms with Gasteiger partial charge in [0.2, 0.25) is 5.75 Å². The molecule has 6 heteroatoms. The molecule has 0 aliphatic heterocycles. The number of benzene rings is 1. The summed E-state index contributed by atoms with van der Waals surface area (Å²) in [7, 11) is 1.35. The van der Waals surface area contributed by atoms with E-state index in [0.29, 0.717) is 12.9 Å². The summed E-state index contributed by atoms with van der Waals surface area (Å²) in [4.78, 5) is 21.2. The molecule has 6 nitrogen and oxygen atoms in total. The number of nitro groups is 1. The molecule has 0 amide bonds. The smallest absolute Gasteiger partial charge is 0.314 e. The van der Waals surface area contributed by atoms with E-state index in [2.05, 4.69) is 0 Å². The van der Waals surface area contributed by atoms with Gasteiger partial charge in [0.1, 0.15) is 0 Å². The molecule has 0 aliphatic carbocycles. The molecule has 0 fully saturated rings. The molecule has 0 bridgehead atoms. The standard InChI is InChI=1S/C12H15NO5/c1-3-4-7-18-12-10(13(15)16)6-5-9(8-14)11(12)17-2/h5-6,8H,3-4,7H2,1-2H3. The molecule has 98 valence electrons. The fraction of sp³-hybridized carbons (Fsp3) is 0.417. The number of nitro benzene ring substituents is 1. The van der Waals surface area contributed by atoms with Crippen LogP contribution in [0.15, 0.2) is 12.1 Å². The third-order valence-corrected chi connectivity index (χ3v) is 2.39. The Hall–Kier alpha value is -2.11. The molecule has 0 heterocycles. The number of nitrogens with zero attached hydrogens (tertiary/aromatic N) is 1. The molecule has 0 saturated heterocycles. The molecule has 0 aromatic heterocycles. The quantitative estimate of drug-likeness (QED) is 0.323. The number of methoxy groups -OCH3 is 1. The van der Waals surface area contributed by atoms with Crippen LogP contribution in [0.25, 0.3) is 0 Å². The summed E-state index contributed by atoms with van der Waals surface area (Å²) in [6.07, 6.45) is 2.25. The zero-order chi connectivity index (χ0) is 13.5. The van der Waals surface area contributed by atoms with Crippen molar-refractivity contribution in [2.75, 3.05) is 13.7 Å². The van der Waals surface area contributed by atoms with Gasteiger partial charge in [-0.25, -0.2) is 0 Å². The van der Waals surface area contributed by atoms with E-state index in [-0.39, 0.29) is 22.7 Å². The third kappa shape index (κ3) is 2.97. The van der Waals surface area contributed by atoms with Gasteiger partial charge in [0.15, 0.2) is 12.0 Å². The average Bonchev–Trinajstić information content (AvgIpc) is 2.37. The summed E-state index contributed by atoms with van der Waals surface area (Å²) in [6.45, 7) is 2.33. The van der Waals surface area contributed by atoms with Crippen molar-refractivity contribution in [1.29, 1.82) is 0 Å². The lowest BCUT2D eigenvalue weighted by molar-refractivity contribution is -0.386. The van der Waals surface area contributed by atoms with Crippen LogP contribution in [0.4, 0.5) is 5.69 Å². The van der Waals surface area contributed by atoms with Crippen LogP contribution in [0.5, 0.6) is 11.5 Å². The van der Waals surface area contributed by atoms with Crippen molar-refractivity contribution < 1.29 is 19.2 Å². The molecule has 0 unspecified atom stereocenters. The molecular formula is C12H15NO5. The van der Waals surface area contributed by atoms with Crippen molar-refractivity contribution in [3.63, 3.8) is 0 Å². The Morgan fingerprint density at radius 3 is 2.61 bits per heavy atom. The van der Waals surface area contributed by atoms with E-state index in [4.69, 9.17) is 9.47 Å².